The van der Waals surface area contributed by atoms with Gasteiger partial charge in [-0.25, -0.2) is 0 Å². The van der Waals surface area contributed by atoms with Crippen LogP contribution in [-0.4, -0.2) is 23.7 Å². The molecule has 0 spiro atoms. The maximum atomic E-state index is 10.4. The molecule has 0 aromatic heterocycles. The van der Waals surface area contributed by atoms with E-state index in [4.69, 9.17) is 17.3 Å². The van der Waals surface area contributed by atoms with Crippen molar-refractivity contribution in [3.05, 3.63) is 0 Å². The molecule has 0 bridgehead atoms. The van der Waals surface area contributed by atoms with E-state index in [9.17, 15) is 9.59 Å². The van der Waals surface area contributed by atoms with Gasteiger partial charge in [0.05, 0.1) is 5.88 Å². The van der Waals surface area contributed by atoms with Gasteiger partial charge in [-0.05, 0) is 0 Å². The molecule has 5 heteroatoms. The maximum Gasteiger partial charge on any atom is 0.241 e. The van der Waals surface area contributed by atoms with Crippen molar-refractivity contribution < 1.29 is 9.59 Å². The summed E-state index contributed by atoms with van der Waals surface area (Å²) in [6.45, 7) is 1.29. The smallest absolute Gasteiger partial charge is 0.241 e. The van der Waals surface area contributed by atoms with Crippen LogP contribution in [-0.2, 0) is 9.59 Å². The summed E-state index contributed by atoms with van der Waals surface area (Å²) in [4.78, 5) is 20.7. The van der Waals surface area contributed by atoms with Crippen molar-refractivity contribution in [1.29, 1.82) is 0 Å². The lowest BCUT2D eigenvalue weighted by molar-refractivity contribution is -0.125. The molecule has 1 atom stereocenters. The lowest BCUT2D eigenvalue weighted by Crippen LogP contribution is -2.44. The first kappa shape index (κ1) is 9.23. The summed E-state index contributed by atoms with van der Waals surface area (Å²) in [5, 5.41) is 2.28. The van der Waals surface area contributed by atoms with Crippen molar-refractivity contribution in [3.8, 4) is 0 Å². The number of nitrogens with one attached hydrogen (secondary N) is 1. The van der Waals surface area contributed by atoms with E-state index in [1.54, 1.807) is 0 Å². The molecule has 0 aromatic carbocycles. The van der Waals surface area contributed by atoms with E-state index < -0.39 is 11.9 Å². The van der Waals surface area contributed by atoms with Crippen LogP contribution >= 0.6 is 11.6 Å². The topological polar surface area (TPSA) is 72.2 Å². The van der Waals surface area contributed by atoms with Crippen LogP contribution in [0, 0.1) is 0 Å². The lowest BCUT2D eigenvalue weighted by atomic mass is 10.3. The van der Waals surface area contributed by atoms with Crippen molar-refractivity contribution in [2.75, 3.05) is 5.88 Å². The highest BCUT2D eigenvalue weighted by molar-refractivity contribution is 6.20. The zero-order chi connectivity index (χ0) is 8.15. The Bertz CT molecular complexity index is 149. The van der Waals surface area contributed by atoms with Gasteiger partial charge in [-0.1, -0.05) is 0 Å². The molecule has 0 aromatic rings. The highest BCUT2D eigenvalue weighted by atomic mass is 35.5. The quantitative estimate of drug-likeness (QED) is 0.537. The molecule has 10 heavy (non-hydrogen) atoms. The van der Waals surface area contributed by atoms with Gasteiger partial charge in [-0.3, -0.25) is 9.59 Å². The second kappa shape index (κ2) is 4.11. The second-order valence-electron chi connectivity index (χ2n) is 1.81. The third-order valence-corrected chi connectivity index (χ3v) is 1.18. The highest BCUT2D eigenvalue weighted by Crippen LogP contribution is 1.85. The van der Waals surface area contributed by atoms with E-state index in [1.165, 1.54) is 6.92 Å². The fourth-order valence-corrected chi connectivity index (χ4v) is 0.660. The Morgan fingerprint density at radius 1 is 1.70 bits per heavy atom. The molecule has 2 amide bonds. The molecule has 1 unspecified atom stereocenters. The predicted molar refractivity (Wildman–Crippen MR) is 37.5 cm³/mol. The molecule has 0 fully saturated rings. The van der Waals surface area contributed by atoms with Gasteiger partial charge < -0.3 is 11.1 Å². The summed E-state index contributed by atoms with van der Waals surface area (Å²) in [6, 6.07) is -0.751. The van der Waals surface area contributed by atoms with Crippen LogP contribution in [0.4, 0.5) is 0 Å². The fourth-order valence-electron chi connectivity index (χ4n) is 0.431. The Labute approximate surface area is 63.7 Å². The molecule has 0 aliphatic heterocycles. The minimum absolute atomic E-state index is 0.00884. The number of halogens is 1. The number of carbonyl (C=O) groups is 2. The monoisotopic (exact) mass is 164 g/mol. The van der Waals surface area contributed by atoms with Gasteiger partial charge >= 0.3 is 0 Å². The second-order valence-corrected chi connectivity index (χ2v) is 2.12. The summed E-state index contributed by atoms with van der Waals surface area (Å²) in [7, 11) is 0. The van der Waals surface area contributed by atoms with E-state index in [0.717, 1.165) is 0 Å². The minimum atomic E-state index is -0.751. The van der Waals surface area contributed by atoms with E-state index in [0.29, 0.717) is 0 Å². The third-order valence-electron chi connectivity index (χ3n) is 0.875. The van der Waals surface area contributed by atoms with Gasteiger partial charge in [-0.15, -0.1) is 11.6 Å². The van der Waals surface area contributed by atoms with Crippen LogP contribution in [0.15, 0.2) is 0 Å². The molecule has 4 nitrogen and oxygen atoms in total. The maximum absolute atomic E-state index is 10.4. The molecule has 0 heterocycles. The number of hydrogen-bond donors (Lipinski definition) is 2. The molecular weight excluding hydrogens is 156 g/mol. The summed E-state index contributed by atoms with van der Waals surface area (Å²) in [6.07, 6.45) is 0. The normalized spacial score (nSPS) is 12.2. The lowest BCUT2D eigenvalue weighted by Gasteiger charge is -2.08. The average Bonchev–Trinajstić information content (AvgIpc) is 1.81. The molecule has 3 N–H and O–H groups in total. The fraction of sp³-hybridized carbons (Fsp3) is 0.600. The number of nitrogens with two attached hydrogens (primary N) is 1. The van der Waals surface area contributed by atoms with Crippen molar-refractivity contribution >= 4 is 23.4 Å². The van der Waals surface area contributed by atoms with Gasteiger partial charge in [0.1, 0.15) is 6.04 Å². The molecule has 0 saturated heterocycles. The zero-order valence-electron chi connectivity index (χ0n) is 5.56. The molecule has 0 aliphatic rings. The number of alkyl halides is 1. The van der Waals surface area contributed by atoms with Gasteiger partial charge in [0.15, 0.2) is 0 Å². The van der Waals surface area contributed by atoms with Crippen molar-refractivity contribution in [3.63, 3.8) is 0 Å². The van der Waals surface area contributed by atoms with Gasteiger partial charge in [0.25, 0.3) is 0 Å². The van der Waals surface area contributed by atoms with Crippen LogP contribution in [0.3, 0.4) is 0 Å². The number of primary amides is 1. The molecule has 0 radical (unpaired) electrons. The zero-order valence-corrected chi connectivity index (χ0v) is 6.31. The average molecular weight is 165 g/mol. The largest absolute Gasteiger partial charge is 0.368 e. The number of carbonyl (C=O) groups excluding carboxylic acids is 2. The van der Waals surface area contributed by atoms with E-state index in [1.807, 2.05) is 0 Å². The minimum Gasteiger partial charge on any atom is -0.368 e. The molecule has 58 valence electrons. The van der Waals surface area contributed by atoms with Gasteiger partial charge in [-0.2, -0.15) is 0 Å². The van der Waals surface area contributed by atoms with Crippen LogP contribution in [0.1, 0.15) is 6.92 Å². The molecule has 0 aliphatic carbocycles. The van der Waals surface area contributed by atoms with E-state index >= 15 is 0 Å². The van der Waals surface area contributed by atoms with Crippen LogP contribution in [0.25, 0.3) is 0 Å². The number of rotatable bonds is 3. The Morgan fingerprint density at radius 2 is 2.20 bits per heavy atom. The standard InChI is InChI=1S/C5H9ClN2O2/c1-3(9)8-4(2-6)5(7)10/h4H,2H2,1H3,(H2,7,10)(H,8,9). The first-order valence-corrected chi connectivity index (χ1v) is 3.23. The van der Waals surface area contributed by atoms with Crippen molar-refractivity contribution in [1.82, 2.24) is 5.32 Å². The van der Waals surface area contributed by atoms with Crippen LogP contribution < -0.4 is 11.1 Å². The number of hydrogen-bond acceptors (Lipinski definition) is 2. The Morgan fingerprint density at radius 3 is 2.30 bits per heavy atom. The predicted octanol–water partition coefficient (Wildman–Crippen LogP) is -0.785. The SMILES string of the molecule is CC(=O)NC(CCl)C(N)=O. The Hall–Kier alpha value is -0.770. The van der Waals surface area contributed by atoms with Crippen LogP contribution in [0.2, 0.25) is 0 Å². The highest BCUT2D eigenvalue weighted by Gasteiger charge is 2.13. The molecular formula is C5H9ClN2O2. The Balaban J connectivity index is 3.83. The Kier molecular flexibility index (Phi) is 3.79. The first-order chi connectivity index (χ1) is 4.57. The van der Waals surface area contributed by atoms with Gasteiger partial charge in [0, 0.05) is 6.92 Å². The van der Waals surface area contributed by atoms with Crippen LogP contribution in [0.5, 0.6) is 0 Å². The third kappa shape index (κ3) is 3.29. The number of amides is 2. The summed E-state index contributed by atoms with van der Waals surface area (Å²) in [5.74, 6) is -0.927. The molecule has 0 saturated carbocycles. The van der Waals surface area contributed by atoms with Gasteiger partial charge in [0.2, 0.25) is 11.8 Å². The van der Waals surface area contributed by atoms with E-state index in [-0.39, 0.29) is 11.8 Å². The van der Waals surface area contributed by atoms with Crippen molar-refractivity contribution in [2.24, 2.45) is 5.73 Å². The summed E-state index contributed by atoms with van der Waals surface area (Å²) in [5.41, 5.74) is 4.86. The summed E-state index contributed by atoms with van der Waals surface area (Å²) < 4.78 is 0. The first-order valence-electron chi connectivity index (χ1n) is 2.70. The molecule has 0 rings (SSSR count). The van der Waals surface area contributed by atoms with E-state index in [2.05, 4.69) is 5.32 Å². The van der Waals surface area contributed by atoms with Crippen molar-refractivity contribution in [2.45, 2.75) is 13.0 Å². The summed E-state index contributed by atoms with van der Waals surface area (Å²) >= 11 is 5.29.